The van der Waals surface area contributed by atoms with Crippen LogP contribution in [0.5, 0.6) is 5.88 Å². The molecule has 50 heavy (non-hydrogen) atoms. The van der Waals surface area contributed by atoms with E-state index in [9.17, 15) is 31.2 Å². The summed E-state index contributed by atoms with van der Waals surface area (Å²) in [6, 6.07) is 4.20. The SMILES string of the molecule is CC(C)(C)OC(=O)N1CC(CCCn2cc(S(=O)(=O)NC(=O)c3ccc(-n4ccc(OCCC5CC5C(F)(F)F)n4)nc3Cl)cn2)CC1(C)C. The number of alkyl halides is 3. The fraction of sp³-hybridized carbons (Fsp3) is 0.594. The first-order valence-electron chi connectivity index (χ1n) is 16.2. The number of halogens is 4. The normalized spacial score (nSPS) is 20.5. The summed E-state index contributed by atoms with van der Waals surface area (Å²) in [5, 5.41) is 8.04. The molecular formula is C32H41ClF3N7O6S. The number of nitrogens with zero attached hydrogens (tertiary/aromatic N) is 6. The van der Waals surface area contributed by atoms with E-state index in [0.29, 0.717) is 19.5 Å². The summed E-state index contributed by atoms with van der Waals surface area (Å²) in [6.07, 6.45) is 2.12. The summed E-state index contributed by atoms with van der Waals surface area (Å²) in [4.78, 5) is 31.3. The quantitative estimate of drug-likeness (QED) is 0.220. The van der Waals surface area contributed by atoms with Gasteiger partial charge in [0.1, 0.15) is 15.6 Å². The van der Waals surface area contributed by atoms with Gasteiger partial charge in [-0.3, -0.25) is 9.48 Å². The van der Waals surface area contributed by atoms with Crippen molar-refractivity contribution >= 4 is 33.6 Å². The van der Waals surface area contributed by atoms with Crippen molar-refractivity contribution in [2.24, 2.45) is 17.8 Å². The predicted molar refractivity (Wildman–Crippen MR) is 175 cm³/mol. The van der Waals surface area contributed by atoms with Crippen molar-refractivity contribution < 1.29 is 40.7 Å². The number of carbonyl (C=O) groups is 2. The summed E-state index contributed by atoms with van der Waals surface area (Å²) < 4.78 is 80.0. The highest BCUT2D eigenvalue weighted by molar-refractivity contribution is 7.90. The first-order chi connectivity index (χ1) is 23.2. The van der Waals surface area contributed by atoms with Crippen LogP contribution >= 0.6 is 11.6 Å². The number of likely N-dealkylation sites (tertiary alicyclic amines) is 1. The van der Waals surface area contributed by atoms with Crippen LogP contribution in [0.4, 0.5) is 18.0 Å². The van der Waals surface area contributed by atoms with Crippen LogP contribution in [0.2, 0.25) is 5.15 Å². The number of pyridine rings is 1. The fourth-order valence-corrected chi connectivity index (χ4v) is 7.27. The van der Waals surface area contributed by atoms with E-state index in [1.807, 2.05) is 39.3 Å². The lowest BCUT2D eigenvalue weighted by Gasteiger charge is -2.33. The van der Waals surface area contributed by atoms with Gasteiger partial charge < -0.3 is 14.4 Å². The van der Waals surface area contributed by atoms with E-state index >= 15 is 0 Å². The van der Waals surface area contributed by atoms with Crippen molar-refractivity contribution in [2.45, 2.75) is 95.5 Å². The molecule has 3 atom stereocenters. The van der Waals surface area contributed by atoms with Gasteiger partial charge in [-0.25, -0.2) is 27.6 Å². The van der Waals surface area contributed by atoms with Gasteiger partial charge in [-0.1, -0.05) is 11.6 Å². The number of nitrogens with one attached hydrogen (secondary N) is 1. The number of carbonyl (C=O) groups excluding carboxylic acids is 2. The Labute approximate surface area is 293 Å². The zero-order valence-corrected chi connectivity index (χ0v) is 30.0. The van der Waals surface area contributed by atoms with Gasteiger partial charge in [0.05, 0.1) is 24.3 Å². The third-order valence-electron chi connectivity index (χ3n) is 8.68. The molecule has 3 aromatic rings. The van der Waals surface area contributed by atoms with E-state index in [2.05, 4.69) is 15.2 Å². The summed E-state index contributed by atoms with van der Waals surface area (Å²) in [5.41, 5.74) is -1.13. The Morgan fingerprint density at radius 2 is 1.88 bits per heavy atom. The van der Waals surface area contributed by atoms with Crippen LogP contribution in [0.3, 0.4) is 0 Å². The Kier molecular flexibility index (Phi) is 10.5. The van der Waals surface area contributed by atoms with Gasteiger partial charge in [-0.2, -0.15) is 18.3 Å². The molecule has 1 saturated heterocycles. The maximum absolute atomic E-state index is 13.0. The molecule has 1 N–H and O–H groups in total. The van der Waals surface area contributed by atoms with E-state index in [0.717, 1.165) is 19.0 Å². The molecule has 1 aliphatic heterocycles. The van der Waals surface area contributed by atoms with Crippen molar-refractivity contribution in [3.63, 3.8) is 0 Å². The molecular weight excluding hydrogens is 703 g/mol. The molecule has 2 aliphatic rings. The molecule has 274 valence electrons. The van der Waals surface area contributed by atoms with Crippen LogP contribution in [0.25, 0.3) is 5.82 Å². The Morgan fingerprint density at radius 1 is 1.14 bits per heavy atom. The van der Waals surface area contributed by atoms with Crippen LogP contribution in [-0.2, 0) is 21.3 Å². The van der Waals surface area contributed by atoms with E-state index in [4.69, 9.17) is 21.1 Å². The molecule has 1 saturated carbocycles. The Morgan fingerprint density at radius 3 is 2.54 bits per heavy atom. The molecule has 18 heteroatoms. The topological polar surface area (TPSA) is 151 Å². The van der Waals surface area contributed by atoms with E-state index in [1.54, 1.807) is 4.90 Å². The van der Waals surface area contributed by atoms with Crippen LogP contribution in [0.15, 0.2) is 41.7 Å². The summed E-state index contributed by atoms with van der Waals surface area (Å²) in [7, 11) is -4.30. The Balaban J connectivity index is 1.10. The molecule has 2 fully saturated rings. The third-order valence-corrected chi connectivity index (χ3v) is 10.3. The standard InChI is InChI=1S/C32H41ClF3N7O6S/c1-30(2,3)49-29(45)42-18-20(16-31(42,4)5)7-6-12-41-19-22(17-37-41)50(46,47)40-28(44)23-8-9-25(38-27(23)33)43-13-10-26(39-43)48-14-11-21-15-24(21)32(34,35)36/h8-10,13,17,19-21,24H,6-7,11-12,14-16,18H2,1-5H3,(H,40,44). The molecule has 1 aliphatic carbocycles. The maximum atomic E-state index is 13.0. The van der Waals surface area contributed by atoms with Crippen LogP contribution in [0.1, 0.15) is 77.1 Å². The van der Waals surface area contributed by atoms with E-state index in [-0.39, 0.29) is 64.3 Å². The number of aryl methyl sites for hydroxylation is 1. The molecule has 5 rings (SSSR count). The number of hydrogen-bond acceptors (Lipinski definition) is 9. The van der Waals surface area contributed by atoms with Gasteiger partial charge in [-0.15, -0.1) is 5.10 Å². The lowest BCUT2D eigenvalue weighted by atomic mass is 9.93. The minimum Gasteiger partial charge on any atom is -0.477 e. The number of aromatic nitrogens is 5. The number of amides is 2. The van der Waals surface area contributed by atoms with Gasteiger partial charge in [0.25, 0.3) is 15.9 Å². The molecule has 3 aromatic heterocycles. The highest BCUT2D eigenvalue weighted by Gasteiger charge is 2.55. The zero-order chi connectivity index (χ0) is 36.6. The molecule has 0 bridgehead atoms. The highest BCUT2D eigenvalue weighted by atomic mass is 35.5. The predicted octanol–water partition coefficient (Wildman–Crippen LogP) is 6.02. The second kappa shape index (κ2) is 14.0. The first-order valence-corrected chi connectivity index (χ1v) is 18.1. The fourth-order valence-electron chi connectivity index (χ4n) is 6.12. The van der Waals surface area contributed by atoms with Crippen molar-refractivity contribution in [3.05, 3.63) is 47.5 Å². The Hall–Kier alpha value is -3.86. The first kappa shape index (κ1) is 37.4. The average molecular weight is 744 g/mol. The van der Waals surface area contributed by atoms with Crippen LogP contribution < -0.4 is 9.46 Å². The van der Waals surface area contributed by atoms with Crippen molar-refractivity contribution in [1.29, 1.82) is 0 Å². The average Bonchev–Trinajstić information content (AvgIpc) is 3.27. The monoisotopic (exact) mass is 743 g/mol. The minimum atomic E-state index is -4.30. The summed E-state index contributed by atoms with van der Waals surface area (Å²) >= 11 is 6.24. The highest BCUT2D eigenvalue weighted by Crippen LogP contribution is 2.51. The number of sulfonamides is 1. The molecule has 4 heterocycles. The van der Waals surface area contributed by atoms with Gasteiger partial charge in [-0.05, 0) is 90.7 Å². The third kappa shape index (κ3) is 9.27. The maximum Gasteiger partial charge on any atom is 0.410 e. The molecule has 13 nitrogen and oxygen atoms in total. The lowest BCUT2D eigenvalue weighted by molar-refractivity contribution is -0.151. The molecule has 3 unspecified atom stereocenters. The minimum absolute atomic E-state index is 0.0735. The molecule has 0 aromatic carbocycles. The van der Waals surface area contributed by atoms with Gasteiger partial charge >= 0.3 is 12.3 Å². The van der Waals surface area contributed by atoms with Crippen molar-refractivity contribution in [3.8, 4) is 11.7 Å². The molecule has 0 spiro atoms. The lowest BCUT2D eigenvalue weighted by Crippen LogP contribution is -2.45. The number of hydrogen-bond donors (Lipinski definition) is 1. The van der Waals surface area contributed by atoms with Crippen molar-refractivity contribution in [2.75, 3.05) is 13.2 Å². The van der Waals surface area contributed by atoms with Gasteiger partial charge in [0.15, 0.2) is 5.82 Å². The molecule has 0 radical (unpaired) electrons. The molecule has 2 amide bonds. The van der Waals surface area contributed by atoms with Crippen molar-refractivity contribution in [1.82, 2.24) is 34.2 Å². The van der Waals surface area contributed by atoms with Gasteiger partial charge in [0, 0.05) is 37.1 Å². The second-order valence-corrected chi connectivity index (χ2v) is 16.4. The van der Waals surface area contributed by atoms with Gasteiger partial charge in [0.2, 0.25) is 5.88 Å². The second-order valence-electron chi connectivity index (χ2n) is 14.4. The van der Waals surface area contributed by atoms with E-state index < -0.39 is 39.5 Å². The number of ether oxygens (including phenoxy) is 2. The summed E-state index contributed by atoms with van der Waals surface area (Å²) in [5.74, 6) is -2.10. The van der Waals surface area contributed by atoms with Crippen LogP contribution in [0, 0.1) is 17.8 Å². The largest absolute Gasteiger partial charge is 0.477 e. The van der Waals surface area contributed by atoms with E-state index in [1.165, 1.54) is 40.0 Å². The Bertz CT molecular complexity index is 1820. The smallest absolute Gasteiger partial charge is 0.410 e. The van der Waals surface area contributed by atoms with Crippen LogP contribution in [-0.4, -0.2) is 80.3 Å². The summed E-state index contributed by atoms with van der Waals surface area (Å²) in [6.45, 7) is 10.6. The number of rotatable bonds is 12. The zero-order valence-electron chi connectivity index (χ0n) is 28.4.